The largest absolute Gasteiger partial charge is 0.324 e. The molecule has 0 saturated heterocycles. The van der Waals surface area contributed by atoms with Gasteiger partial charge in [0.1, 0.15) is 6.33 Å². The summed E-state index contributed by atoms with van der Waals surface area (Å²) in [6.07, 6.45) is 5.03. The zero-order chi connectivity index (χ0) is 9.97. The van der Waals surface area contributed by atoms with Gasteiger partial charge in [0.15, 0.2) is 5.82 Å². The van der Waals surface area contributed by atoms with Crippen LogP contribution in [0.2, 0.25) is 0 Å². The van der Waals surface area contributed by atoms with Gasteiger partial charge >= 0.3 is 0 Å². The summed E-state index contributed by atoms with van der Waals surface area (Å²) in [5.41, 5.74) is 6.31. The lowest BCUT2D eigenvalue weighted by Gasteiger charge is -2.01. The second-order valence-electron chi connectivity index (χ2n) is 2.64. The number of nitrogens with two attached hydrogens (primary N) is 1. The Hall–Kier alpha value is -1.27. The summed E-state index contributed by atoms with van der Waals surface area (Å²) < 4.78 is 2.53. The maximum absolute atomic E-state index is 5.42. The number of hydrogen-bond acceptors (Lipinski definition) is 4. The van der Waals surface area contributed by atoms with E-state index in [0.29, 0.717) is 12.4 Å². The van der Waals surface area contributed by atoms with Crippen molar-refractivity contribution < 1.29 is 0 Å². The van der Waals surface area contributed by atoms with E-state index in [1.165, 1.54) is 0 Å². The maximum atomic E-state index is 5.42. The first-order chi connectivity index (χ1) is 6.81. The summed E-state index contributed by atoms with van der Waals surface area (Å²) in [6.45, 7) is 0.343. The Balaban J connectivity index is 2.44. The maximum Gasteiger partial charge on any atom is 0.164 e. The molecule has 0 unspecified atom stereocenters. The summed E-state index contributed by atoms with van der Waals surface area (Å²) >= 11 is 3.38. The van der Waals surface area contributed by atoms with E-state index in [1.54, 1.807) is 23.4 Å². The minimum absolute atomic E-state index is 0.343. The summed E-state index contributed by atoms with van der Waals surface area (Å²) in [6, 6.07) is 1.85. The van der Waals surface area contributed by atoms with Gasteiger partial charge in [-0.3, -0.25) is 4.98 Å². The minimum atomic E-state index is 0.343. The topological polar surface area (TPSA) is 69.6 Å². The molecular formula is C8H8BrN5. The molecule has 0 amide bonds. The van der Waals surface area contributed by atoms with Crippen molar-refractivity contribution in [2.24, 2.45) is 5.73 Å². The van der Waals surface area contributed by atoms with Crippen LogP contribution >= 0.6 is 15.9 Å². The Morgan fingerprint density at radius 1 is 1.50 bits per heavy atom. The van der Waals surface area contributed by atoms with Crippen LogP contribution in [0.1, 0.15) is 5.82 Å². The molecule has 14 heavy (non-hydrogen) atoms. The highest BCUT2D eigenvalue weighted by molar-refractivity contribution is 9.10. The number of nitrogens with zero attached hydrogens (tertiary/aromatic N) is 4. The zero-order valence-electron chi connectivity index (χ0n) is 7.26. The van der Waals surface area contributed by atoms with E-state index in [2.05, 4.69) is 31.0 Å². The lowest BCUT2D eigenvalue weighted by molar-refractivity contribution is 0.826. The molecule has 2 rings (SSSR count). The Morgan fingerprint density at radius 3 is 3.00 bits per heavy atom. The van der Waals surface area contributed by atoms with Gasteiger partial charge in [-0.05, 0) is 22.0 Å². The predicted octanol–water partition coefficient (Wildman–Crippen LogP) is 0.883. The van der Waals surface area contributed by atoms with Crippen LogP contribution in [0.5, 0.6) is 0 Å². The standard InChI is InChI=1S/C8H8BrN5/c9-6-4-11-2-1-7(6)14-5-12-8(3-10)13-14/h1-2,4-5H,3,10H2. The van der Waals surface area contributed by atoms with Crippen molar-refractivity contribution in [1.82, 2.24) is 19.7 Å². The third-order valence-electron chi connectivity index (χ3n) is 1.72. The summed E-state index contributed by atoms with van der Waals surface area (Å²) in [5.74, 6) is 0.619. The molecule has 0 bridgehead atoms. The van der Waals surface area contributed by atoms with E-state index in [9.17, 15) is 0 Å². The van der Waals surface area contributed by atoms with Crippen molar-refractivity contribution in [3.63, 3.8) is 0 Å². The monoisotopic (exact) mass is 253 g/mol. The summed E-state index contributed by atoms with van der Waals surface area (Å²) in [7, 11) is 0. The third kappa shape index (κ3) is 1.66. The number of pyridine rings is 1. The van der Waals surface area contributed by atoms with Crippen LogP contribution in [0.15, 0.2) is 29.3 Å². The van der Waals surface area contributed by atoms with Gasteiger partial charge in [-0.2, -0.15) is 0 Å². The van der Waals surface area contributed by atoms with E-state index < -0.39 is 0 Å². The average molecular weight is 254 g/mol. The second kappa shape index (κ2) is 3.85. The SMILES string of the molecule is NCc1ncn(-c2ccncc2Br)n1. The van der Waals surface area contributed by atoms with Crippen molar-refractivity contribution >= 4 is 15.9 Å². The van der Waals surface area contributed by atoms with Gasteiger partial charge in [0.05, 0.1) is 16.7 Å². The smallest absolute Gasteiger partial charge is 0.164 e. The van der Waals surface area contributed by atoms with Gasteiger partial charge < -0.3 is 5.73 Å². The third-order valence-corrected chi connectivity index (χ3v) is 2.33. The number of aromatic nitrogens is 4. The van der Waals surface area contributed by atoms with Crippen molar-refractivity contribution in [2.75, 3.05) is 0 Å². The van der Waals surface area contributed by atoms with Gasteiger partial charge in [0.2, 0.25) is 0 Å². The van der Waals surface area contributed by atoms with Crippen LogP contribution in [-0.4, -0.2) is 19.7 Å². The number of halogens is 1. The van der Waals surface area contributed by atoms with E-state index in [-0.39, 0.29) is 0 Å². The van der Waals surface area contributed by atoms with Gasteiger partial charge in [0.25, 0.3) is 0 Å². The lowest BCUT2D eigenvalue weighted by atomic mass is 10.4. The first-order valence-corrected chi connectivity index (χ1v) is 4.81. The Bertz CT molecular complexity index is 439. The predicted molar refractivity (Wildman–Crippen MR) is 54.7 cm³/mol. The molecule has 0 atom stereocenters. The van der Waals surface area contributed by atoms with E-state index in [4.69, 9.17) is 5.73 Å². The molecule has 2 heterocycles. The molecule has 5 nitrogen and oxygen atoms in total. The van der Waals surface area contributed by atoms with E-state index >= 15 is 0 Å². The zero-order valence-corrected chi connectivity index (χ0v) is 8.85. The van der Waals surface area contributed by atoms with Crippen LogP contribution in [0, 0.1) is 0 Å². The quantitative estimate of drug-likeness (QED) is 0.863. The molecule has 0 radical (unpaired) electrons. The molecule has 0 spiro atoms. The fraction of sp³-hybridized carbons (Fsp3) is 0.125. The minimum Gasteiger partial charge on any atom is -0.324 e. The van der Waals surface area contributed by atoms with Gasteiger partial charge in [0, 0.05) is 12.4 Å². The molecule has 2 aromatic heterocycles. The Morgan fingerprint density at radius 2 is 2.36 bits per heavy atom. The van der Waals surface area contributed by atoms with Crippen LogP contribution in [-0.2, 0) is 6.54 Å². The normalized spacial score (nSPS) is 10.4. The fourth-order valence-corrected chi connectivity index (χ4v) is 1.49. The number of rotatable bonds is 2. The van der Waals surface area contributed by atoms with Crippen LogP contribution in [0.25, 0.3) is 5.69 Å². The molecule has 0 fully saturated rings. The average Bonchev–Trinajstić information content (AvgIpc) is 2.67. The molecule has 0 aliphatic carbocycles. The molecule has 0 saturated carbocycles. The highest BCUT2D eigenvalue weighted by atomic mass is 79.9. The molecule has 2 aromatic rings. The molecule has 0 aliphatic rings. The molecule has 72 valence electrons. The fourth-order valence-electron chi connectivity index (χ4n) is 1.06. The Kier molecular flexibility index (Phi) is 2.55. The van der Waals surface area contributed by atoms with Crippen molar-refractivity contribution in [2.45, 2.75) is 6.54 Å². The van der Waals surface area contributed by atoms with Gasteiger partial charge in [-0.25, -0.2) is 9.67 Å². The van der Waals surface area contributed by atoms with Crippen molar-refractivity contribution in [3.05, 3.63) is 35.1 Å². The van der Waals surface area contributed by atoms with Crippen LogP contribution in [0.3, 0.4) is 0 Å². The van der Waals surface area contributed by atoms with Crippen LogP contribution < -0.4 is 5.73 Å². The second-order valence-corrected chi connectivity index (χ2v) is 3.49. The Labute approximate surface area is 89.1 Å². The van der Waals surface area contributed by atoms with E-state index in [1.807, 2.05) is 6.07 Å². The molecule has 6 heteroatoms. The van der Waals surface area contributed by atoms with Crippen LogP contribution in [0.4, 0.5) is 0 Å². The summed E-state index contributed by atoms with van der Waals surface area (Å²) in [4.78, 5) is 8.00. The molecular weight excluding hydrogens is 246 g/mol. The number of hydrogen-bond donors (Lipinski definition) is 1. The first-order valence-electron chi connectivity index (χ1n) is 4.02. The molecule has 0 aliphatic heterocycles. The summed E-state index contributed by atoms with van der Waals surface area (Å²) in [5, 5.41) is 4.18. The van der Waals surface area contributed by atoms with E-state index in [0.717, 1.165) is 10.2 Å². The van der Waals surface area contributed by atoms with Crippen molar-refractivity contribution in [3.8, 4) is 5.69 Å². The van der Waals surface area contributed by atoms with Gasteiger partial charge in [-0.1, -0.05) is 0 Å². The van der Waals surface area contributed by atoms with Crippen molar-refractivity contribution in [1.29, 1.82) is 0 Å². The lowest BCUT2D eigenvalue weighted by Crippen LogP contribution is -2.01. The highest BCUT2D eigenvalue weighted by Gasteiger charge is 2.04. The molecule has 0 aromatic carbocycles. The first kappa shape index (κ1) is 9.29. The highest BCUT2D eigenvalue weighted by Crippen LogP contribution is 2.17. The van der Waals surface area contributed by atoms with Gasteiger partial charge in [-0.15, -0.1) is 5.10 Å². The molecule has 2 N–H and O–H groups in total.